The molecule has 0 bridgehead atoms. The summed E-state index contributed by atoms with van der Waals surface area (Å²) in [6, 6.07) is 8.48. The number of thioether (sulfide) groups is 1. The second-order valence-electron chi connectivity index (χ2n) is 6.08. The standard InChI is InChI=1S/C19H24N4S/c1-12-7-8-13(2)18(23-20-4)16(12)10-17-22-14(3)19(24-17)15-6-5-9-21-11-15/h5-9,11,17,20,22-23H,10H2,1-4H3. The van der Waals surface area contributed by atoms with Crippen LogP contribution in [-0.4, -0.2) is 17.4 Å². The summed E-state index contributed by atoms with van der Waals surface area (Å²) in [5.74, 6) is 0. The molecule has 1 aliphatic rings. The lowest BCUT2D eigenvalue weighted by Crippen LogP contribution is -2.24. The van der Waals surface area contributed by atoms with Gasteiger partial charge in [0.1, 0.15) is 0 Å². The van der Waals surface area contributed by atoms with Crippen LogP contribution in [0, 0.1) is 13.8 Å². The first-order chi connectivity index (χ1) is 11.6. The Morgan fingerprint density at radius 2 is 1.96 bits per heavy atom. The average molecular weight is 340 g/mol. The van der Waals surface area contributed by atoms with E-state index in [2.05, 4.69) is 60.1 Å². The van der Waals surface area contributed by atoms with Gasteiger partial charge in [-0.05, 0) is 43.5 Å². The highest BCUT2D eigenvalue weighted by Gasteiger charge is 2.25. The van der Waals surface area contributed by atoms with Gasteiger partial charge < -0.3 is 10.7 Å². The molecular formula is C19H24N4S. The zero-order valence-corrected chi connectivity index (χ0v) is 15.4. The molecule has 0 saturated carbocycles. The summed E-state index contributed by atoms with van der Waals surface area (Å²) in [7, 11) is 1.90. The van der Waals surface area contributed by atoms with Gasteiger partial charge in [-0.2, -0.15) is 0 Å². The van der Waals surface area contributed by atoms with E-state index in [0.717, 1.165) is 6.42 Å². The quantitative estimate of drug-likeness (QED) is 0.722. The summed E-state index contributed by atoms with van der Waals surface area (Å²) in [6.45, 7) is 6.46. The van der Waals surface area contributed by atoms with Crippen molar-refractivity contribution in [3.8, 4) is 0 Å². The number of benzene rings is 1. The highest BCUT2D eigenvalue weighted by molar-refractivity contribution is 8.09. The summed E-state index contributed by atoms with van der Waals surface area (Å²) < 4.78 is 0. The molecule has 0 fully saturated rings. The van der Waals surface area contributed by atoms with Crippen LogP contribution in [-0.2, 0) is 6.42 Å². The normalized spacial score (nSPS) is 17.1. The van der Waals surface area contributed by atoms with E-state index in [1.165, 1.54) is 38.5 Å². The minimum absolute atomic E-state index is 0.332. The molecule has 1 atom stereocenters. The zero-order chi connectivity index (χ0) is 17.1. The Labute approximate surface area is 148 Å². The lowest BCUT2D eigenvalue weighted by molar-refractivity contribution is 0.748. The van der Waals surface area contributed by atoms with E-state index < -0.39 is 0 Å². The highest BCUT2D eigenvalue weighted by Crippen LogP contribution is 2.40. The summed E-state index contributed by atoms with van der Waals surface area (Å²) in [6.07, 6.45) is 4.71. The van der Waals surface area contributed by atoms with Gasteiger partial charge in [-0.1, -0.05) is 30.0 Å². The predicted octanol–water partition coefficient (Wildman–Crippen LogP) is 3.84. The number of pyridine rings is 1. The fraction of sp³-hybridized carbons (Fsp3) is 0.316. The Morgan fingerprint density at radius 3 is 2.67 bits per heavy atom. The number of anilines is 1. The summed E-state index contributed by atoms with van der Waals surface area (Å²) in [5, 5.41) is 3.97. The topological polar surface area (TPSA) is 49.0 Å². The third-order valence-corrected chi connectivity index (χ3v) is 5.64. The van der Waals surface area contributed by atoms with Crippen LogP contribution in [0.15, 0.2) is 42.4 Å². The maximum atomic E-state index is 4.24. The molecule has 1 aromatic heterocycles. The maximum absolute atomic E-state index is 4.24. The number of allylic oxidation sites excluding steroid dienone is 1. The van der Waals surface area contributed by atoms with E-state index in [1.54, 1.807) is 0 Å². The minimum atomic E-state index is 0.332. The monoisotopic (exact) mass is 340 g/mol. The van der Waals surface area contributed by atoms with Gasteiger partial charge in [0.15, 0.2) is 0 Å². The van der Waals surface area contributed by atoms with Crippen LogP contribution < -0.4 is 16.2 Å². The molecule has 1 aliphatic heterocycles. The lowest BCUT2D eigenvalue weighted by atomic mass is 9.99. The Hall–Kier alpha value is -1.98. The van der Waals surface area contributed by atoms with Crippen LogP contribution in [0.2, 0.25) is 0 Å². The molecule has 24 heavy (non-hydrogen) atoms. The van der Waals surface area contributed by atoms with Crippen molar-refractivity contribution in [3.63, 3.8) is 0 Å². The van der Waals surface area contributed by atoms with Crippen molar-refractivity contribution < 1.29 is 0 Å². The number of hydrogen-bond donors (Lipinski definition) is 3. The molecule has 0 radical (unpaired) electrons. The van der Waals surface area contributed by atoms with Crippen LogP contribution in [0.3, 0.4) is 0 Å². The average Bonchev–Trinajstić information content (AvgIpc) is 2.95. The number of rotatable bonds is 5. The first-order valence-corrected chi connectivity index (χ1v) is 9.04. The summed E-state index contributed by atoms with van der Waals surface area (Å²) >= 11 is 1.89. The van der Waals surface area contributed by atoms with Crippen LogP contribution in [0.5, 0.6) is 0 Å². The third kappa shape index (κ3) is 3.42. The predicted molar refractivity (Wildman–Crippen MR) is 104 cm³/mol. The fourth-order valence-corrected chi connectivity index (χ4v) is 4.32. The molecular weight excluding hydrogens is 316 g/mol. The Kier molecular flexibility index (Phi) is 5.11. The van der Waals surface area contributed by atoms with Gasteiger partial charge in [0.05, 0.1) is 11.1 Å². The molecule has 0 aliphatic carbocycles. The van der Waals surface area contributed by atoms with Gasteiger partial charge in [-0.25, -0.2) is 5.43 Å². The number of hydrogen-bond acceptors (Lipinski definition) is 5. The molecule has 0 saturated heterocycles. The second kappa shape index (κ2) is 7.28. The van der Waals surface area contributed by atoms with Gasteiger partial charge in [0.25, 0.3) is 0 Å². The summed E-state index contributed by atoms with van der Waals surface area (Å²) in [5.41, 5.74) is 13.9. The van der Waals surface area contributed by atoms with Crippen molar-refractivity contribution in [2.45, 2.75) is 32.6 Å². The van der Waals surface area contributed by atoms with E-state index in [4.69, 9.17) is 0 Å². The van der Waals surface area contributed by atoms with Gasteiger partial charge in [0.2, 0.25) is 0 Å². The van der Waals surface area contributed by atoms with Crippen LogP contribution in [0.25, 0.3) is 4.91 Å². The van der Waals surface area contributed by atoms with Crippen molar-refractivity contribution >= 4 is 22.4 Å². The smallest absolute Gasteiger partial charge is 0.0808 e. The van der Waals surface area contributed by atoms with Crippen LogP contribution in [0.4, 0.5) is 5.69 Å². The largest absolute Gasteiger partial charge is 0.375 e. The van der Waals surface area contributed by atoms with E-state index in [0.29, 0.717) is 5.37 Å². The van der Waals surface area contributed by atoms with Crippen LogP contribution in [0.1, 0.15) is 29.2 Å². The van der Waals surface area contributed by atoms with Crippen LogP contribution >= 0.6 is 11.8 Å². The number of aryl methyl sites for hydroxylation is 2. The molecule has 0 amide bonds. The molecule has 3 rings (SSSR count). The number of nitrogens with one attached hydrogen (secondary N) is 3. The Balaban J connectivity index is 1.81. The molecule has 126 valence electrons. The van der Waals surface area contributed by atoms with E-state index >= 15 is 0 Å². The first-order valence-electron chi connectivity index (χ1n) is 8.16. The van der Waals surface area contributed by atoms with Gasteiger partial charge in [-0.3, -0.25) is 4.98 Å². The SMILES string of the molecule is CNNc1c(C)ccc(C)c1CC1NC(C)=C(c2cccnc2)S1. The van der Waals surface area contributed by atoms with Gasteiger partial charge in [0, 0.05) is 42.0 Å². The number of aromatic nitrogens is 1. The lowest BCUT2D eigenvalue weighted by Gasteiger charge is -2.20. The molecule has 2 aromatic rings. The second-order valence-corrected chi connectivity index (χ2v) is 7.29. The molecule has 1 aromatic carbocycles. The van der Waals surface area contributed by atoms with Crippen molar-refractivity contribution in [1.82, 2.24) is 15.7 Å². The Bertz CT molecular complexity index is 755. The molecule has 2 heterocycles. The van der Waals surface area contributed by atoms with Gasteiger partial charge >= 0.3 is 0 Å². The first kappa shape index (κ1) is 16.9. The summed E-state index contributed by atoms with van der Waals surface area (Å²) in [4.78, 5) is 5.54. The maximum Gasteiger partial charge on any atom is 0.0808 e. The van der Waals surface area contributed by atoms with Gasteiger partial charge in [-0.15, -0.1) is 0 Å². The third-order valence-electron chi connectivity index (χ3n) is 4.30. The van der Waals surface area contributed by atoms with Crippen molar-refractivity contribution in [2.75, 3.05) is 12.5 Å². The van der Waals surface area contributed by atoms with Crippen molar-refractivity contribution in [1.29, 1.82) is 0 Å². The number of nitrogens with zero attached hydrogens (tertiary/aromatic N) is 1. The minimum Gasteiger partial charge on any atom is -0.375 e. The fourth-order valence-electron chi connectivity index (χ4n) is 3.06. The Morgan fingerprint density at radius 1 is 1.17 bits per heavy atom. The number of hydrazine groups is 1. The van der Waals surface area contributed by atoms with E-state index in [-0.39, 0.29) is 0 Å². The van der Waals surface area contributed by atoms with E-state index in [9.17, 15) is 0 Å². The molecule has 4 nitrogen and oxygen atoms in total. The van der Waals surface area contributed by atoms with E-state index in [1.807, 2.05) is 37.3 Å². The molecule has 0 spiro atoms. The molecule has 1 unspecified atom stereocenters. The highest BCUT2D eigenvalue weighted by atomic mass is 32.2. The zero-order valence-electron chi connectivity index (χ0n) is 14.6. The molecule has 3 N–H and O–H groups in total. The molecule has 5 heteroatoms. The van der Waals surface area contributed by atoms with Crippen molar-refractivity contribution in [3.05, 3.63) is 64.6 Å². The van der Waals surface area contributed by atoms with Crippen molar-refractivity contribution in [2.24, 2.45) is 0 Å².